The highest BCUT2D eigenvalue weighted by atomic mass is 16.3. The summed E-state index contributed by atoms with van der Waals surface area (Å²) in [4.78, 5) is 1.66. The number of aromatic nitrogens is 3. The van der Waals surface area contributed by atoms with Crippen LogP contribution in [-0.2, 0) is 5.41 Å². The van der Waals surface area contributed by atoms with Crippen molar-refractivity contribution < 1.29 is 5.11 Å². The van der Waals surface area contributed by atoms with E-state index in [4.69, 9.17) is 0 Å². The lowest BCUT2D eigenvalue weighted by Crippen LogP contribution is -2.11. The van der Waals surface area contributed by atoms with Crippen molar-refractivity contribution in [1.82, 2.24) is 15.0 Å². The fourth-order valence-corrected chi connectivity index (χ4v) is 3.37. The molecule has 0 aliphatic rings. The molecule has 3 aromatic carbocycles. The van der Waals surface area contributed by atoms with Gasteiger partial charge >= 0.3 is 0 Å². The van der Waals surface area contributed by atoms with Crippen molar-refractivity contribution in [3.8, 4) is 22.6 Å². The molecular weight excluding hydrogens is 334 g/mol. The van der Waals surface area contributed by atoms with Gasteiger partial charge in [0.25, 0.3) is 0 Å². The second-order valence-corrected chi connectivity index (χ2v) is 7.95. The number of hydrogen-bond acceptors (Lipinski definition) is 3. The Morgan fingerprint density at radius 2 is 1.48 bits per heavy atom. The molecule has 0 saturated heterocycles. The molecule has 4 nitrogen and oxygen atoms in total. The highest BCUT2D eigenvalue weighted by Gasteiger charge is 2.22. The third-order valence-corrected chi connectivity index (χ3v) is 4.79. The van der Waals surface area contributed by atoms with Gasteiger partial charge in [0.2, 0.25) is 0 Å². The van der Waals surface area contributed by atoms with Gasteiger partial charge in [0.15, 0.2) is 0 Å². The van der Waals surface area contributed by atoms with Crippen molar-refractivity contribution in [1.29, 1.82) is 0 Å². The van der Waals surface area contributed by atoms with Crippen molar-refractivity contribution >= 4 is 11.0 Å². The maximum absolute atomic E-state index is 11.0. The van der Waals surface area contributed by atoms with Crippen LogP contribution in [-0.4, -0.2) is 20.1 Å². The summed E-state index contributed by atoms with van der Waals surface area (Å²) in [5.74, 6) is 0.312. The first-order valence-corrected chi connectivity index (χ1v) is 9.10. The Morgan fingerprint density at radius 1 is 0.815 bits per heavy atom. The van der Waals surface area contributed by atoms with E-state index in [1.807, 2.05) is 61.5 Å². The van der Waals surface area contributed by atoms with Gasteiger partial charge in [-0.05, 0) is 41.7 Å². The Balaban J connectivity index is 1.96. The summed E-state index contributed by atoms with van der Waals surface area (Å²) in [6.45, 7) is 8.35. The van der Waals surface area contributed by atoms with E-state index >= 15 is 0 Å². The molecule has 27 heavy (non-hydrogen) atoms. The lowest BCUT2D eigenvalue weighted by molar-refractivity contribution is 0.448. The smallest absolute Gasteiger partial charge is 0.127 e. The van der Waals surface area contributed by atoms with Crippen LogP contribution in [0.5, 0.6) is 5.75 Å². The largest absolute Gasteiger partial charge is 0.507 e. The molecule has 1 heterocycles. The molecule has 4 rings (SSSR count). The molecule has 0 radical (unpaired) electrons. The van der Waals surface area contributed by atoms with Crippen molar-refractivity contribution in [2.45, 2.75) is 33.1 Å². The predicted octanol–water partition coefficient (Wildman–Crippen LogP) is 5.40. The third-order valence-electron chi connectivity index (χ3n) is 4.79. The molecule has 0 bridgehead atoms. The van der Waals surface area contributed by atoms with E-state index in [9.17, 15) is 5.11 Å². The molecule has 0 aliphatic carbocycles. The average Bonchev–Trinajstić information content (AvgIpc) is 3.05. The zero-order chi connectivity index (χ0) is 19.2. The minimum Gasteiger partial charge on any atom is -0.507 e. The van der Waals surface area contributed by atoms with E-state index in [-0.39, 0.29) is 5.41 Å². The van der Waals surface area contributed by atoms with E-state index < -0.39 is 0 Å². The SMILES string of the molecule is Cc1ccc(-c2cccc(C(C)(C)C)c2O)c(-n2nc3ccccc3n2)c1. The summed E-state index contributed by atoms with van der Waals surface area (Å²) in [5.41, 5.74) is 6.13. The maximum atomic E-state index is 11.0. The highest BCUT2D eigenvalue weighted by molar-refractivity contribution is 5.80. The first-order valence-electron chi connectivity index (χ1n) is 9.10. The third kappa shape index (κ3) is 3.08. The molecule has 0 atom stereocenters. The zero-order valence-corrected chi connectivity index (χ0v) is 16.1. The zero-order valence-electron chi connectivity index (χ0n) is 16.1. The summed E-state index contributed by atoms with van der Waals surface area (Å²) in [7, 11) is 0. The molecule has 1 N–H and O–H groups in total. The number of hydrogen-bond donors (Lipinski definition) is 1. The van der Waals surface area contributed by atoms with Crippen LogP contribution in [0.25, 0.3) is 27.8 Å². The minimum absolute atomic E-state index is 0.149. The number of rotatable bonds is 2. The summed E-state index contributed by atoms with van der Waals surface area (Å²) < 4.78 is 0. The van der Waals surface area contributed by atoms with E-state index in [0.29, 0.717) is 5.75 Å². The van der Waals surface area contributed by atoms with Crippen LogP contribution in [0.15, 0.2) is 60.7 Å². The van der Waals surface area contributed by atoms with Gasteiger partial charge < -0.3 is 5.11 Å². The van der Waals surface area contributed by atoms with Gasteiger partial charge in [-0.15, -0.1) is 15.0 Å². The number of aromatic hydroxyl groups is 1. The number of benzene rings is 3. The lowest BCUT2D eigenvalue weighted by Gasteiger charge is -2.22. The van der Waals surface area contributed by atoms with E-state index in [1.54, 1.807) is 4.80 Å². The Bertz CT molecular complexity index is 1100. The normalized spacial score (nSPS) is 11.9. The number of nitrogens with zero attached hydrogens (tertiary/aromatic N) is 3. The lowest BCUT2D eigenvalue weighted by atomic mass is 9.84. The molecular formula is C23H23N3O. The van der Waals surface area contributed by atoms with E-state index in [2.05, 4.69) is 37.0 Å². The Labute approximate surface area is 159 Å². The Morgan fingerprint density at radius 3 is 2.11 bits per heavy atom. The van der Waals surface area contributed by atoms with Gasteiger partial charge in [-0.3, -0.25) is 0 Å². The first kappa shape index (κ1) is 17.3. The fraction of sp³-hybridized carbons (Fsp3) is 0.217. The molecule has 0 fully saturated rings. The van der Waals surface area contributed by atoms with Gasteiger partial charge in [0.1, 0.15) is 16.8 Å². The fourth-order valence-electron chi connectivity index (χ4n) is 3.37. The van der Waals surface area contributed by atoms with Crippen molar-refractivity contribution in [3.05, 3.63) is 71.8 Å². The van der Waals surface area contributed by atoms with Gasteiger partial charge in [-0.25, -0.2) is 0 Å². The van der Waals surface area contributed by atoms with Crippen molar-refractivity contribution in [2.75, 3.05) is 0 Å². The highest BCUT2D eigenvalue weighted by Crippen LogP contribution is 2.40. The molecule has 0 unspecified atom stereocenters. The molecule has 0 amide bonds. The quantitative estimate of drug-likeness (QED) is 0.523. The molecule has 136 valence electrons. The van der Waals surface area contributed by atoms with Gasteiger partial charge in [0.05, 0.1) is 5.69 Å². The number of phenolic OH excluding ortho intramolecular Hbond substituents is 1. The van der Waals surface area contributed by atoms with Crippen LogP contribution in [0.3, 0.4) is 0 Å². The Hall–Kier alpha value is -3.14. The molecule has 0 aliphatic heterocycles. The number of aryl methyl sites for hydroxylation is 1. The maximum Gasteiger partial charge on any atom is 0.127 e. The molecule has 4 heteroatoms. The molecule has 1 aromatic heterocycles. The molecule has 4 aromatic rings. The molecule has 0 saturated carbocycles. The van der Waals surface area contributed by atoms with E-state index in [1.165, 1.54) is 0 Å². The van der Waals surface area contributed by atoms with E-state index in [0.717, 1.165) is 39.0 Å². The van der Waals surface area contributed by atoms with Gasteiger partial charge in [0, 0.05) is 11.1 Å². The predicted molar refractivity (Wildman–Crippen MR) is 109 cm³/mol. The van der Waals surface area contributed by atoms with Crippen LogP contribution in [0, 0.1) is 6.92 Å². The van der Waals surface area contributed by atoms with Crippen LogP contribution >= 0.6 is 0 Å². The second kappa shape index (κ2) is 6.23. The van der Waals surface area contributed by atoms with Crippen molar-refractivity contribution in [3.63, 3.8) is 0 Å². The standard InChI is InChI=1S/C23H23N3O/c1-15-12-13-16(17-8-7-9-18(22(17)27)23(2,3)4)21(14-15)26-24-19-10-5-6-11-20(19)25-26/h5-14,27H,1-4H3. The number of phenols is 1. The monoisotopic (exact) mass is 357 g/mol. The van der Waals surface area contributed by atoms with Crippen LogP contribution in [0.4, 0.5) is 0 Å². The summed E-state index contributed by atoms with van der Waals surface area (Å²) >= 11 is 0. The van der Waals surface area contributed by atoms with Crippen LogP contribution in [0.2, 0.25) is 0 Å². The summed E-state index contributed by atoms with van der Waals surface area (Å²) in [6.07, 6.45) is 0. The van der Waals surface area contributed by atoms with Gasteiger partial charge in [-0.2, -0.15) is 0 Å². The first-order chi connectivity index (χ1) is 12.8. The second-order valence-electron chi connectivity index (χ2n) is 7.95. The average molecular weight is 357 g/mol. The van der Waals surface area contributed by atoms with Crippen LogP contribution in [0.1, 0.15) is 31.9 Å². The summed E-state index contributed by atoms with van der Waals surface area (Å²) in [6, 6.07) is 19.9. The number of fused-ring (bicyclic) bond motifs is 1. The number of para-hydroxylation sites is 1. The van der Waals surface area contributed by atoms with Crippen molar-refractivity contribution in [2.24, 2.45) is 0 Å². The van der Waals surface area contributed by atoms with Crippen LogP contribution < -0.4 is 0 Å². The minimum atomic E-state index is -0.149. The molecule has 0 spiro atoms. The summed E-state index contributed by atoms with van der Waals surface area (Å²) in [5, 5.41) is 20.3. The topological polar surface area (TPSA) is 50.9 Å². The van der Waals surface area contributed by atoms with Gasteiger partial charge in [-0.1, -0.05) is 63.2 Å². The Kier molecular flexibility index (Phi) is 3.99.